The zero-order valence-electron chi connectivity index (χ0n) is 14.3. The van der Waals surface area contributed by atoms with Crippen molar-refractivity contribution in [2.45, 2.75) is 0 Å². The number of pyridine rings is 1. The Bertz CT molecular complexity index is 1250. The molecule has 0 spiro atoms. The van der Waals surface area contributed by atoms with Gasteiger partial charge in [-0.1, -0.05) is 17.9 Å². The van der Waals surface area contributed by atoms with Crippen LogP contribution in [-0.4, -0.2) is 31.9 Å². The number of imidazole rings is 1. The number of carboxylic acid groups (broad SMARTS) is 1. The molecule has 3 heterocycles. The number of anilines is 1. The van der Waals surface area contributed by atoms with Crippen LogP contribution in [0.2, 0.25) is 0 Å². The zero-order valence-corrected chi connectivity index (χ0v) is 15.1. The number of aromatic carboxylic acids is 1. The van der Waals surface area contributed by atoms with Gasteiger partial charge in [-0.25, -0.2) is 14.8 Å². The molecule has 0 saturated carbocycles. The van der Waals surface area contributed by atoms with Crippen molar-refractivity contribution < 1.29 is 14.7 Å². The van der Waals surface area contributed by atoms with Crippen LogP contribution in [-0.2, 0) is 0 Å². The van der Waals surface area contributed by atoms with E-state index in [-0.39, 0.29) is 22.7 Å². The molecule has 4 rings (SSSR count). The lowest BCUT2D eigenvalue weighted by atomic mass is 10.1. The number of carbonyl (C=O) groups excluding carboxylic acids is 1. The number of para-hydroxylation sites is 1. The molecule has 136 valence electrons. The summed E-state index contributed by atoms with van der Waals surface area (Å²) in [5, 5.41) is 15.7. The average molecular weight is 388 g/mol. The fourth-order valence-electron chi connectivity index (χ4n) is 2.59. The van der Waals surface area contributed by atoms with Crippen LogP contribution < -0.4 is 5.32 Å². The Hall–Kier alpha value is -3.96. The third-order valence-electron chi connectivity index (χ3n) is 3.86. The van der Waals surface area contributed by atoms with E-state index in [0.29, 0.717) is 11.1 Å². The van der Waals surface area contributed by atoms with Gasteiger partial charge in [0.05, 0.1) is 16.6 Å². The van der Waals surface area contributed by atoms with Crippen molar-refractivity contribution in [1.82, 2.24) is 15.0 Å². The van der Waals surface area contributed by atoms with Crippen LogP contribution in [0.25, 0.3) is 11.0 Å². The Labute approximate surface area is 163 Å². The Morgan fingerprint density at radius 3 is 2.82 bits per heavy atom. The molecule has 0 radical (unpaired) electrons. The van der Waals surface area contributed by atoms with E-state index in [2.05, 4.69) is 32.1 Å². The second-order valence-corrected chi connectivity index (χ2v) is 6.49. The molecule has 0 bridgehead atoms. The minimum absolute atomic E-state index is 0.0504. The molecular weight excluding hydrogens is 376 g/mol. The van der Waals surface area contributed by atoms with Gasteiger partial charge < -0.3 is 10.1 Å². The molecule has 3 N–H and O–H groups in total. The number of nitrogens with zero attached hydrogens (tertiary/aromatic N) is 2. The maximum absolute atomic E-state index is 12.7. The first-order valence-corrected chi connectivity index (χ1v) is 9.09. The van der Waals surface area contributed by atoms with Gasteiger partial charge >= 0.3 is 5.97 Å². The standard InChI is InChI=1S/C20H12N4O3S/c25-18(16-13(3-2-9-21-16)7-6-12-8-10-28-11-12)24-20-22-15-5-1-4-14(19(26)27)17(15)23-20/h1-5,8-11H,(H,26,27)(H2,22,23,24,25). The third kappa shape index (κ3) is 3.47. The summed E-state index contributed by atoms with van der Waals surface area (Å²) in [4.78, 5) is 35.2. The molecule has 0 saturated heterocycles. The lowest BCUT2D eigenvalue weighted by Gasteiger charge is -2.03. The summed E-state index contributed by atoms with van der Waals surface area (Å²) >= 11 is 1.54. The largest absolute Gasteiger partial charge is 0.478 e. The van der Waals surface area contributed by atoms with Crippen LogP contribution in [0.1, 0.15) is 32.0 Å². The van der Waals surface area contributed by atoms with Crippen LogP contribution in [0, 0.1) is 11.8 Å². The van der Waals surface area contributed by atoms with Gasteiger partial charge in [0, 0.05) is 17.1 Å². The van der Waals surface area contributed by atoms with E-state index in [0.717, 1.165) is 5.56 Å². The molecule has 8 heteroatoms. The number of aromatic nitrogens is 3. The van der Waals surface area contributed by atoms with Crippen molar-refractivity contribution in [1.29, 1.82) is 0 Å². The SMILES string of the molecule is O=C(Nc1nc2c(C(=O)O)cccc2[nH]1)c1ncccc1C#Cc1ccsc1. The van der Waals surface area contributed by atoms with E-state index in [4.69, 9.17) is 0 Å². The highest BCUT2D eigenvalue weighted by Crippen LogP contribution is 2.19. The van der Waals surface area contributed by atoms with E-state index >= 15 is 0 Å². The summed E-state index contributed by atoms with van der Waals surface area (Å²) in [6.45, 7) is 0. The number of rotatable bonds is 3. The van der Waals surface area contributed by atoms with Gasteiger partial charge in [0.1, 0.15) is 11.2 Å². The fraction of sp³-hybridized carbons (Fsp3) is 0. The van der Waals surface area contributed by atoms with Gasteiger partial charge in [0.15, 0.2) is 0 Å². The Morgan fingerprint density at radius 1 is 1.14 bits per heavy atom. The van der Waals surface area contributed by atoms with Crippen molar-refractivity contribution >= 4 is 40.2 Å². The normalized spacial score (nSPS) is 10.3. The predicted octanol–water partition coefficient (Wildman–Crippen LogP) is 3.37. The molecule has 0 unspecified atom stereocenters. The molecule has 1 amide bonds. The number of benzene rings is 1. The summed E-state index contributed by atoms with van der Waals surface area (Å²) in [6.07, 6.45) is 1.51. The van der Waals surface area contributed by atoms with Gasteiger partial charge in [-0.05, 0) is 35.7 Å². The predicted molar refractivity (Wildman–Crippen MR) is 106 cm³/mol. The van der Waals surface area contributed by atoms with Gasteiger partial charge in [0.2, 0.25) is 5.95 Å². The van der Waals surface area contributed by atoms with Crippen molar-refractivity contribution in [3.05, 3.63) is 75.7 Å². The first kappa shape index (κ1) is 17.5. The molecule has 0 fully saturated rings. The van der Waals surface area contributed by atoms with Gasteiger partial charge in [-0.15, -0.1) is 0 Å². The number of carbonyl (C=O) groups is 2. The zero-order chi connectivity index (χ0) is 19.5. The molecule has 4 aromatic rings. The summed E-state index contributed by atoms with van der Waals surface area (Å²) in [6, 6.07) is 10.0. The monoisotopic (exact) mass is 388 g/mol. The molecule has 3 aromatic heterocycles. The van der Waals surface area contributed by atoms with Crippen molar-refractivity contribution in [2.24, 2.45) is 0 Å². The third-order valence-corrected chi connectivity index (χ3v) is 4.54. The topological polar surface area (TPSA) is 108 Å². The number of amides is 1. The quantitative estimate of drug-likeness (QED) is 0.466. The van der Waals surface area contributed by atoms with Crippen LogP contribution in [0.3, 0.4) is 0 Å². The highest BCUT2D eigenvalue weighted by Gasteiger charge is 2.16. The Morgan fingerprint density at radius 2 is 2.04 bits per heavy atom. The second kappa shape index (κ2) is 7.34. The minimum atomic E-state index is -1.09. The van der Waals surface area contributed by atoms with E-state index in [1.807, 2.05) is 16.8 Å². The molecule has 0 aliphatic heterocycles. The molecule has 7 nitrogen and oxygen atoms in total. The van der Waals surface area contributed by atoms with E-state index in [1.54, 1.807) is 35.6 Å². The highest BCUT2D eigenvalue weighted by molar-refractivity contribution is 7.08. The van der Waals surface area contributed by atoms with Gasteiger partial charge in [0.25, 0.3) is 5.91 Å². The molecular formula is C20H12N4O3S. The van der Waals surface area contributed by atoms with Crippen LogP contribution in [0.4, 0.5) is 5.95 Å². The van der Waals surface area contributed by atoms with Gasteiger partial charge in [-0.3, -0.25) is 10.1 Å². The number of nitrogens with one attached hydrogen (secondary N) is 2. The number of hydrogen-bond donors (Lipinski definition) is 3. The van der Waals surface area contributed by atoms with Gasteiger partial charge in [-0.2, -0.15) is 11.3 Å². The maximum atomic E-state index is 12.7. The second-order valence-electron chi connectivity index (χ2n) is 5.71. The number of H-pyrrole nitrogens is 1. The first-order chi connectivity index (χ1) is 13.6. The van der Waals surface area contributed by atoms with Crippen LogP contribution in [0.5, 0.6) is 0 Å². The smallest absolute Gasteiger partial charge is 0.337 e. The molecule has 0 aliphatic rings. The lowest BCUT2D eigenvalue weighted by molar-refractivity contribution is 0.0698. The fourth-order valence-corrected chi connectivity index (χ4v) is 3.18. The van der Waals surface area contributed by atoms with Crippen molar-refractivity contribution in [3.63, 3.8) is 0 Å². The first-order valence-electron chi connectivity index (χ1n) is 8.14. The molecule has 0 atom stereocenters. The van der Waals surface area contributed by atoms with Crippen LogP contribution >= 0.6 is 11.3 Å². The van der Waals surface area contributed by atoms with E-state index in [1.165, 1.54) is 12.3 Å². The molecule has 28 heavy (non-hydrogen) atoms. The summed E-state index contributed by atoms with van der Waals surface area (Å²) in [5.74, 6) is 4.50. The number of carboxylic acids is 1. The summed E-state index contributed by atoms with van der Waals surface area (Å²) in [5.41, 5.74) is 2.32. The number of hydrogen-bond acceptors (Lipinski definition) is 5. The number of fused-ring (bicyclic) bond motifs is 1. The van der Waals surface area contributed by atoms with Crippen molar-refractivity contribution in [3.8, 4) is 11.8 Å². The average Bonchev–Trinajstić information content (AvgIpc) is 3.35. The van der Waals surface area contributed by atoms with Crippen molar-refractivity contribution in [2.75, 3.05) is 5.32 Å². The lowest BCUT2D eigenvalue weighted by Crippen LogP contribution is -2.16. The number of aromatic amines is 1. The molecule has 0 aliphatic carbocycles. The Balaban J connectivity index is 1.64. The highest BCUT2D eigenvalue weighted by atomic mass is 32.1. The van der Waals surface area contributed by atoms with Crippen LogP contribution in [0.15, 0.2) is 53.4 Å². The maximum Gasteiger partial charge on any atom is 0.337 e. The summed E-state index contributed by atoms with van der Waals surface area (Å²) < 4.78 is 0. The Kier molecular flexibility index (Phi) is 4.58. The van der Waals surface area contributed by atoms with E-state index < -0.39 is 11.9 Å². The van der Waals surface area contributed by atoms with E-state index in [9.17, 15) is 14.7 Å². The molecule has 1 aromatic carbocycles. The summed E-state index contributed by atoms with van der Waals surface area (Å²) in [7, 11) is 0. The number of thiophene rings is 1. The minimum Gasteiger partial charge on any atom is -0.478 e.